The molecule has 1 saturated heterocycles. The largest absolute Gasteiger partial charge is 0.494 e. The summed E-state index contributed by atoms with van der Waals surface area (Å²) in [6.07, 6.45) is 0.718. The van der Waals surface area contributed by atoms with E-state index in [1.54, 1.807) is 4.90 Å². The topological polar surface area (TPSA) is 54.9 Å². The number of hydrogen-bond donors (Lipinski definition) is 0. The SMILES string of the molecule is CCOc1ccc2nc(N(CCCN3CCOCC3)C(=O)c3ccc(F)c(F)c3)sc2c1. The molecule has 0 radical (unpaired) electrons. The molecule has 32 heavy (non-hydrogen) atoms. The fraction of sp³-hybridized carbons (Fsp3) is 0.391. The first kappa shape index (κ1) is 22.6. The van der Waals surface area contributed by atoms with Crippen LogP contribution in [0, 0.1) is 11.6 Å². The Labute approximate surface area is 189 Å². The second kappa shape index (κ2) is 10.3. The fourth-order valence-corrected chi connectivity index (χ4v) is 4.63. The zero-order valence-corrected chi connectivity index (χ0v) is 18.7. The van der Waals surface area contributed by atoms with Gasteiger partial charge in [-0.1, -0.05) is 11.3 Å². The van der Waals surface area contributed by atoms with Crippen molar-refractivity contribution in [1.82, 2.24) is 9.88 Å². The number of amides is 1. The van der Waals surface area contributed by atoms with Crippen LogP contribution in [0.4, 0.5) is 13.9 Å². The molecule has 1 amide bonds. The summed E-state index contributed by atoms with van der Waals surface area (Å²) in [6.45, 7) is 6.82. The van der Waals surface area contributed by atoms with Crippen LogP contribution in [0.5, 0.6) is 5.75 Å². The van der Waals surface area contributed by atoms with E-state index in [0.29, 0.717) is 31.5 Å². The van der Waals surface area contributed by atoms with Crippen molar-refractivity contribution in [2.45, 2.75) is 13.3 Å². The first-order valence-electron chi connectivity index (χ1n) is 10.7. The Bertz CT molecular complexity index is 1090. The molecule has 0 saturated carbocycles. The van der Waals surface area contributed by atoms with Gasteiger partial charge in [-0.05, 0) is 49.7 Å². The number of rotatable bonds is 8. The van der Waals surface area contributed by atoms with Gasteiger partial charge in [0.05, 0.1) is 30.0 Å². The first-order chi connectivity index (χ1) is 15.5. The smallest absolute Gasteiger partial charge is 0.260 e. The number of anilines is 1. The van der Waals surface area contributed by atoms with E-state index in [1.165, 1.54) is 17.4 Å². The molecule has 1 fully saturated rings. The van der Waals surface area contributed by atoms with Crippen molar-refractivity contribution in [3.8, 4) is 5.75 Å². The molecule has 0 bridgehead atoms. The van der Waals surface area contributed by atoms with Gasteiger partial charge in [-0.2, -0.15) is 0 Å². The Morgan fingerprint density at radius 1 is 1.19 bits per heavy atom. The van der Waals surface area contributed by atoms with Crippen molar-refractivity contribution in [1.29, 1.82) is 0 Å². The number of nitrogens with zero attached hydrogens (tertiary/aromatic N) is 3. The second-order valence-corrected chi connectivity index (χ2v) is 8.46. The van der Waals surface area contributed by atoms with Gasteiger partial charge in [0.2, 0.25) is 0 Å². The van der Waals surface area contributed by atoms with Crippen molar-refractivity contribution in [3.63, 3.8) is 0 Å². The van der Waals surface area contributed by atoms with Gasteiger partial charge in [-0.15, -0.1) is 0 Å². The molecule has 0 spiro atoms. The summed E-state index contributed by atoms with van der Waals surface area (Å²) >= 11 is 1.37. The molecule has 2 heterocycles. The van der Waals surface area contributed by atoms with E-state index >= 15 is 0 Å². The summed E-state index contributed by atoms with van der Waals surface area (Å²) in [5.74, 6) is -1.70. The molecule has 3 aromatic rings. The predicted molar refractivity (Wildman–Crippen MR) is 121 cm³/mol. The number of benzene rings is 2. The highest BCUT2D eigenvalue weighted by molar-refractivity contribution is 7.22. The molecular weight excluding hydrogens is 436 g/mol. The molecule has 6 nitrogen and oxygen atoms in total. The Morgan fingerprint density at radius 3 is 2.75 bits per heavy atom. The molecule has 1 aliphatic heterocycles. The maximum Gasteiger partial charge on any atom is 0.260 e. The van der Waals surface area contributed by atoms with Crippen LogP contribution in [0.3, 0.4) is 0 Å². The number of halogens is 2. The standard InChI is InChI=1S/C23H25F2N3O3S/c1-2-31-17-5-7-20-21(15-17)32-23(26-20)28(9-3-8-27-10-12-30-13-11-27)22(29)16-4-6-18(24)19(25)14-16/h4-7,14-15H,2-3,8-13H2,1H3. The zero-order valence-electron chi connectivity index (χ0n) is 17.9. The van der Waals surface area contributed by atoms with E-state index in [2.05, 4.69) is 9.88 Å². The van der Waals surface area contributed by atoms with Crippen molar-refractivity contribution in [2.75, 3.05) is 50.9 Å². The third kappa shape index (κ3) is 5.23. The second-order valence-electron chi connectivity index (χ2n) is 7.45. The number of ether oxygens (including phenoxy) is 2. The molecule has 0 N–H and O–H groups in total. The average molecular weight is 462 g/mol. The Morgan fingerprint density at radius 2 is 2.00 bits per heavy atom. The summed E-state index contributed by atoms with van der Waals surface area (Å²) in [7, 11) is 0. The molecule has 0 aliphatic carbocycles. The molecule has 0 atom stereocenters. The van der Waals surface area contributed by atoms with E-state index in [1.807, 2.05) is 25.1 Å². The summed E-state index contributed by atoms with van der Waals surface area (Å²) in [6, 6.07) is 8.81. The normalized spacial score (nSPS) is 14.6. The highest BCUT2D eigenvalue weighted by Gasteiger charge is 2.23. The minimum absolute atomic E-state index is 0.0875. The Kier molecular flexibility index (Phi) is 7.29. The van der Waals surface area contributed by atoms with Gasteiger partial charge >= 0.3 is 0 Å². The summed E-state index contributed by atoms with van der Waals surface area (Å²) in [5.41, 5.74) is 0.842. The quantitative estimate of drug-likeness (QED) is 0.500. The van der Waals surface area contributed by atoms with Crippen LogP contribution < -0.4 is 9.64 Å². The van der Waals surface area contributed by atoms with Crippen molar-refractivity contribution in [3.05, 3.63) is 53.6 Å². The molecule has 4 rings (SSSR count). The highest BCUT2D eigenvalue weighted by Crippen LogP contribution is 2.32. The van der Waals surface area contributed by atoms with Gasteiger partial charge in [0.25, 0.3) is 5.91 Å². The number of aromatic nitrogens is 1. The monoisotopic (exact) mass is 461 g/mol. The number of carbonyl (C=O) groups excluding carboxylic acids is 1. The van der Waals surface area contributed by atoms with E-state index in [4.69, 9.17) is 9.47 Å². The highest BCUT2D eigenvalue weighted by atomic mass is 32.1. The van der Waals surface area contributed by atoms with Crippen LogP contribution in [0.15, 0.2) is 36.4 Å². The Hall–Kier alpha value is -2.62. The van der Waals surface area contributed by atoms with E-state index in [9.17, 15) is 13.6 Å². The van der Waals surface area contributed by atoms with E-state index < -0.39 is 17.5 Å². The fourth-order valence-electron chi connectivity index (χ4n) is 3.61. The van der Waals surface area contributed by atoms with Gasteiger partial charge in [0.1, 0.15) is 5.75 Å². The summed E-state index contributed by atoms with van der Waals surface area (Å²) < 4.78 is 39.0. The molecule has 1 aromatic heterocycles. The van der Waals surface area contributed by atoms with Crippen LogP contribution in [-0.2, 0) is 4.74 Å². The lowest BCUT2D eigenvalue weighted by Gasteiger charge is -2.27. The third-order valence-electron chi connectivity index (χ3n) is 5.26. The molecule has 9 heteroatoms. The van der Waals surface area contributed by atoms with Crippen molar-refractivity contribution < 1.29 is 23.0 Å². The minimum atomic E-state index is -1.05. The molecule has 1 aliphatic rings. The van der Waals surface area contributed by atoms with Crippen molar-refractivity contribution >= 4 is 32.6 Å². The first-order valence-corrected chi connectivity index (χ1v) is 11.5. The maximum absolute atomic E-state index is 13.8. The van der Waals surface area contributed by atoms with E-state index in [-0.39, 0.29) is 5.56 Å². The number of carbonyl (C=O) groups is 1. The number of thiazole rings is 1. The van der Waals surface area contributed by atoms with Gasteiger partial charge in [-0.3, -0.25) is 14.6 Å². The number of morpholine rings is 1. The molecule has 170 valence electrons. The maximum atomic E-state index is 13.8. The van der Waals surface area contributed by atoms with Crippen LogP contribution in [0.25, 0.3) is 10.2 Å². The molecule has 2 aromatic carbocycles. The number of hydrogen-bond acceptors (Lipinski definition) is 6. The van der Waals surface area contributed by atoms with Gasteiger partial charge < -0.3 is 9.47 Å². The average Bonchev–Trinajstić information content (AvgIpc) is 3.22. The van der Waals surface area contributed by atoms with Crippen LogP contribution >= 0.6 is 11.3 Å². The molecule has 0 unspecified atom stereocenters. The van der Waals surface area contributed by atoms with E-state index in [0.717, 1.165) is 54.2 Å². The lowest BCUT2D eigenvalue weighted by molar-refractivity contribution is 0.0376. The summed E-state index contributed by atoms with van der Waals surface area (Å²) in [5, 5.41) is 0.519. The lowest BCUT2D eigenvalue weighted by Crippen LogP contribution is -2.39. The molecular formula is C23H25F2N3O3S. The van der Waals surface area contributed by atoms with Crippen LogP contribution in [0.1, 0.15) is 23.7 Å². The predicted octanol–water partition coefficient (Wildman–Crippen LogP) is 4.34. The van der Waals surface area contributed by atoms with Crippen LogP contribution in [-0.4, -0.2) is 61.8 Å². The van der Waals surface area contributed by atoms with Crippen molar-refractivity contribution in [2.24, 2.45) is 0 Å². The van der Waals surface area contributed by atoms with Gasteiger partial charge in [-0.25, -0.2) is 13.8 Å². The third-order valence-corrected chi connectivity index (χ3v) is 6.30. The minimum Gasteiger partial charge on any atom is -0.494 e. The number of fused-ring (bicyclic) bond motifs is 1. The van der Waals surface area contributed by atoms with Crippen LogP contribution in [0.2, 0.25) is 0 Å². The lowest BCUT2D eigenvalue weighted by atomic mass is 10.2. The Balaban J connectivity index is 1.59. The van der Waals surface area contributed by atoms with Gasteiger partial charge in [0, 0.05) is 31.7 Å². The summed E-state index contributed by atoms with van der Waals surface area (Å²) in [4.78, 5) is 21.8. The zero-order chi connectivity index (χ0) is 22.5. The van der Waals surface area contributed by atoms with Gasteiger partial charge in [0.15, 0.2) is 16.8 Å².